The van der Waals surface area contributed by atoms with Gasteiger partial charge in [0.1, 0.15) is 0 Å². The van der Waals surface area contributed by atoms with Crippen molar-refractivity contribution in [3.05, 3.63) is 58.1 Å². The van der Waals surface area contributed by atoms with Gasteiger partial charge in [-0.05, 0) is 36.8 Å². The SMILES string of the molecule is Cc1ccc(NC(=O)C(C)C)cc1NC(=O)CSc1ccc([N+](=O)[O-])cc1. The number of nitro groups is 1. The zero-order chi connectivity index (χ0) is 20.0. The fraction of sp³-hybridized carbons (Fsp3) is 0.263. The zero-order valence-electron chi connectivity index (χ0n) is 15.3. The van der Waals surface area contributed by atoms with Crippen LogP contribution in [-0.2, 0) is 9.59 Å². The van der Waals surface area contributed by atoms with E-state index >= 15 is 0 Å². The number of carbonyl (C=O) groups is 2. The Morgan fingerprint density at radius 3 is 2.37 bits per heavy atom. The van der Waals surface area contributed by atoms with Gasteiger partial charge in [-0.3, -0.25) is 19.7 Å². The first-order chi connectivity index (χ1) is 12.8. The van der Waals surface area contributed by atoms with Crippen LogP contribution in [-0.4, -0.2) is 22.5 Å². The van der Waals surface area contributed by atoms with Crippen molar-refractivity contribution in [2.75, 3.05) is 16.4 Å². The lowest BCUT2D eigenvalue weighted by molar-refractivity contribution is -0.384. The second kappa shape index (κ2) is 9.18. The third kappa shape index (κ3) is 6.10. The van der Waals surface area contributed by atoms with E-state index in [0.29, 0.717) is 11.4 Å². The maximum absolute atomic E-state index is 12.2. The van der Waals surface area contributed by atoms with Crippen LogP contribution in [0.3, 0.4) is 0 Å². The number of rotatable bonds is 7. The number of benzene rings is 2. The first-order valence-electron chi connectivity index (χ1n) is 8.35. The van der Waals surface area contributed by atoms with Crippen molar-refractivity contribution in [3.63, 3.8) is 0 Å². The van der Waals surface area contributed by atoms with Crippen LogP contribution in [0.2, 0.25) is 0 Å². The summed E-state index contributed by atoms with van der Waals surface area (Å²) in [6.45, 7) is 5.48. The monoisotopic (exact) mass is 387 g/mol. The summed E-state index contributed by atoms with van der Waals surface area (Å²) < 4.78 is 0. The largest absolute Gasteiger partial charge is 0.326 e. The number of non-ortho nitro benzene ring substituents is 1. The Morgan fingerprint density at radius 2 is 1.78 bits per heavy atom. The Morgan fingerprint density at radius 1 is 1.11 bits per heavy atom. The number of nitrogens with one attached hydrogen (secondary N) is 2. The summed E-state index contributed by atoms with van der Waals surface area (Å²) in [7, 11) is 0. The number of amides is 2. The van der Waals surface area contributed by atoms with Gasteiger partial charge in [-0.1, -0.05) is 19.9 Å². The summed E-state index contributed by atoms with van der Waals surface area (Å²) in [6.07, 6.45) is 0. The van der Waals surface area contributed by atoms with Gasteiger partial charge in [-0.15, -0.1) is 11.8 Å². The van der Waals surface area contributed by atoms with Gasteiger partial charge in [-0.25, -0.2) is 0 Å². The van der Waals surface area contributed by atoms with E-state index in [0.717, 1.165) is 10.5 Å². The smallest absolute Gasteiger partial charge is 0.269 e. The molecule has 0 aliphatic carbocycles. The molecule has 0 fully saturated rings. The van der Waals surface area contributed by atoms with Gasteiger partial charge >= 0.3 is 0 Å². The molecule has 7 nitrogen and oxygen atoms in total. The predicted octanol–water partition coefficient (Wildman–Crippen LogP) is 4.23. The lowest BCUT2D eigenvalue weighted by atomic mass is 10.1. The van der Waals surface area contributed by atoms with Gasteiger partial charge < -0.3 is 10.6 Å². The van der Waals surface area contributed by atoms with E-state index in [1.807, 2.05) is 26.8 Å². The van der Waals surface area contributed by atoms with Crippen LogP contribution < -0.4 is 10.6 Å². The van der Waals surface area contributed by atoms with Crippen LogP contribution in [0.25, 0.3) is 0 Å². The molecule has 2 amide bonds. The first-order valence-corrected chi connectivity index (χ1v) is 9.33. The van der Waals surface area contributed by atoms with Crippen molar-refractivity contribution in [1.82, 2.24) is 0 Å². The quantitative estimate of drug-likeness (QED) is 0.421. The molecule has 2 aromatic carbocycles. The number of nitrogens with zero attached hydrogens (tertiary/aromatic N) is 1. The highest BCUT2D eigenvalue weighted by atomic mass is 32.2. The van der Waals surface area contributed by atoms with Gasteiger partial charge in [-0.2, -0.15) is 0 Å². The molecule has 0 aliphatic rings. The molecule has 8 heteroatoms. The molecule has 0 bridgehead atoms. The number of anilines is 2. The number of nitro benzene ring substituents is 1. The summed E-state index contributed by atoms with van der Waals surface area (Å²) in [5, 5.41) is 16.3. The van der Waals surface area contributed by atoms with Crippen molar-refractivity contribution in [3.8, 4) is 0 Å². The minimum Gasteiger partial charge on any atom is -0.326 e. The van der Waals surface area contributed by atoms with E-state index in [4.69, 9.17) is 0 Å². The van der Waals surface area contributed by atoms with Gasteiger partial charge in [0, 0.05) is 34.3 Å². The molecule has 2 rings (SSSR count). The van der Waals surface area contributed by atoms with Crippen LogP contribution in [0.5, 0.6) is 0 Å². The standard InChI is InChI=1S/C19H21N3O4S/c1-12(2)19(24)20-14-5-4-13(3)17(10-14)21-18(23)11-27-16-8-6-15(7-9-16)22(25)26/h4-10,12H,11H2,1-3H3,(H,20,24)(H,21,23). The lowest BCUT2D eigenvalue weighted by Crippen LogP contribution is -2.18. The van der Waals surface area contributed by atoms with Crippen LogP contribution in [0.1, 0.15) is 19.4 Å². The van der Waals surface area contributed by atoms with Crippen LogP contribution >= 0.6 is 11.8 Å². The average Bonchev–Trinajstić information content (AvgIpc) is 2.63. The number of carbonyl (C=O) groups excluding carboxylic acids is 2. The molecule has 27 heavy (non-hydrogen) atoms. The molecule has 0 saturated carbocycles. The summed E-state index contributed by atoms with van der Waals surface area (Å²) in [5.74, 6) is -0.263. The second-order valence-electron chi connectivity index (χ2n) is 6.26. The first kappa shape index (κ1) is 20.4. The molecule has 0 aromatic heterocycles. The summed E-state index contributed by atoms with van der Waals surface area (Å²) >= 11 is 1.29. The summed E-state index contributed by atoms with van der Waals surface area (Å²) in [5.41, 5.74) is 2.15. The van der Waals surface area contributed by atoms with E-state index in [-0.39, 0.29) is 29.2 Å². The van der Waals surface area contributed by atoms with E-state index in [9.17, 15) is 19.7 Å². The minimum atomic E-state index is -0.463. The molecule has 0 atom stereocenters. The maximum atomic E-state index is 12.2. The van der Waals surface area contributed by atoms with Gasteiger partial charge in [0.15, 0.2) is 0 Å². The molecule has 2 aromatic rings. The van der Waals surface area contributed by atoms with Crippen LogP contribution in [0, 0.1) is 23.0 Å². The number of thioether (sulfide) groups is 1. The van der Waals surface area contributed by atoms with Crippen molar-refractivity contribution >= 4 is 40.6 Å². The molecule has 0 unspecified atom stereocenters. The van der Waals surface area contributed by atoms with E-state index in [2.05, 4.69) is 10.6 Å². The highest BCUT2D eigenvalue weighted by Crippen LogP contribution is 2.23. The minimum absolute atomic E-state index is 0.0136. The van der Waals surface area contributed by atoms with Crippen molar-refractivity contribution < 1.29 is 14.5 Å². The zero-order valence-corrected chi connectivity index (χ0v) is 16.1. The molecular weight excluding hydrogens is 366 g/mol. The summed E-state index contributed by atoms with van der Waals surface area (Å²) in [4.78, 5) is 35.0. The van der Waals surface area contributed by atoms with Crippen molar-refractivity contribution in [1.29, 1.82) is 0 Å². The Hall–Kier alpha value is -2.87. The molecule has 0 spiro atoms. The molecule has 0 heterocycles. The highest BCUT2D eigenvalue weighted by molar-refractivity contribution is 8.00. The molecular formula is C19H21N3O4S. The Labute approximate surface area is 161 Å². The number of hydrogen-bond donors (Lipinski definition) is 2. The Bertz CT molecular complexity index is 851. The highest BCUT2D eigenvalue weighted by Gasteiger charge is 2.11. The van der Waals surface area contributed by atoms with Gasteiger partial charge in [0.25, 0.3) is 5.69 Å². The molecule has 0 aliphatic heterocycles. The number of hydrogen-bond acceptors (Lipinski definition) is 5. The fourth-order valence-corrected chi connectivity index (χ4v) is 2.82. The topological polar surface area (TPSA) is 101 Å². The normalized spacial score (nSPS) is 10.5. The maximum Gasteiger partial charge on any atom is 0.269 e. The third-order valence-electron chi connectivity index (χ3n) is 3.72. The molecule has 2 N–H and O–H groups in total. The van der Waals surface area contributed by atoms with Crippen LogP contribution in [0.4, 0.5) is 17.1 Å². The van der Waals surface area contributed by atoms with Gasteiger partial charge in [0.2, 0.25) is 11.8 Å². The molecule has 0 radical (unpaired) electrons. The lowest BCUT2D eigenvalue weighted by Gasteiger charge is -2.12. The Kier molecular flexibility index (Phi) is 6.95. The Balaban J connectivity index is 1.96. The number of aryl methyl sites for hydroxylation is 1. The van der Waals surface area contributed by atoms with Crippen molar-refractivity contribution in [2.45, 2.75) is 25.7 Å². The van der Waals surface area contributed by atoms with E-state index in [1.54, 1.807) is 24.3 Å². The summed E-state index contributed by atoms with van der Waals surface area (Å²) in [6, 6.07) is 11.4. The second-order valence-corrected chi connectivity index (χ2v) is 7.31. The predicted molar refractivity (Wildman–Crippen MR) is 107 cm³/mol. The molecule has 142 valence electrons. The molecule has 0 saturated heterocycles. The van der Waals surface area contributed by atoms with E-state index < -0.39 is 4.92 Å². The van der Waals surface area contributed by atoms with Crippen LogP contribution in [0.15, 0.2) is 47.4 Å². The third-order valence-corrected chi connectivity index (χ3v) is 4.73. The fourth-order valence-electron chi connectivity index (χ4n) is 2.12. The average molecular weight is 387 g/mol. The van der Waals surface area contributed by atoms with Gasteiger partial charge in [0.05, 0.1) is 10.7 Å². The van der Waals surface area contributed by atoms with E-state index in [1.165, 1.54) is 23.9 Å². The van der Waals surface area contributed by atoms with Crippen molar-refractivity contribution in [2.24, 2.45) is 5.92 Å².